The zero-order chi connectivity index (χ0) is 20.1. The van der Waals surface area contributed by atoms with E-state index >= 15 is 0 Å². The van der Waals surface area contributed by atoms with Gasteiger partial charge in [0.15, 0.2) is 0 Å². The van der Waals surface area contributed by atoms with Crippen LogP contribution in [-0.2, 0) is 10.0 Å². The quantitative estimate of drug-likeness (QED) is 0.747. The van der Waals surface area contributed by atoms with E-state index < -0.39 is 10.0 Å². The van der Waals surface area contributed by atoms with Crippen LogP contribution in [0.1, 0.15) is 10.4 Å². The second-order valence-corrected chi connectivity index (χ2v) is 9.22. The highest BCUT2D eigenvalue weighted by Crippen LogP contribution is 2.21. The van der Waals surface area contributed by atoms with Crippen molar-refractivity contribution in [1.82, 2.24) is 14.5 Å². The fourth-order valence-corrected chi connectivity index (χ4v) is 4.97. The molecule has 0 saturated carbocycles. The number of piperazine rings is 1. The van der Waals surface area contributed by atoms with Crippen LogP contribution in [0.5, 0.6) is 0 Å². The number of amides is 1. The van der Waals surface area contributed by atoms with Gasteiger partial charge in [-0.15, -0.1) is 0 Å². The topological polar surface area (TPSA) is 69.7 Å². The van der Waals surface area contributed by atoms with Crippen LogP contribution in [-0.4, -0.2) is 62.8 Å². The number of hydrogen-bond donors (Lipinski definition) is 1. The predicted molar refractivity (Wildman–Crippen MR) is 110 cm³/mol. The highest BCUT2D eigenvalue weighted by molar-refractivity contribution is 7.89. The van der Waals surface area contributed by atoms with E-state index in [4.69, 9.17) is 23.2 Å². The molecule has 0 unspecified atom stereocenters. The molecule has 150 valence electrons. The first kappa shape index (κ1) is 21.1. The maximum Gasteiger partial charge on any atom is 0.252 e. The second kappa shape index (κ2) is 9.24. The molecule has 0 atom stereocenters. The maximum absolute atomic E-state index is 12.6. The van der Waals surface area contributed by atoms with Crippen LogP contribution in [0.25, 0.3) is 0 Å². The van der Waals surface area contributed by atoms with E-state index in [0.29, 0.717) is 59.8 Å². The molecule has 1 saturated heterocycles. The van der Waals surface area contributed by atoms with Crippen molar-refractivity contribution in [2.24, 2.45) is 0 Å². The summed E-state index contributed by atoms with van der Waals surface area (Å²) < 4.78 is 26.8. The summed E-state index contributed by atoms with van der Waals surface area (Å²) in [7, 11) is -3.45. The van der Waals surface area contributed by atoms with Gasteiger partial charge in [0.05, 0.1) is 15.5 Å². The Kier molecular flexibility index (Phi) is 6.95. The van der Waals surface area contributed by atoms with Crippen LogP contribution < -0.4 is 5.32 Å². The third-order valence-electron chi connectivity index (χ3n) is 4.60. The molecule has 0 aliphatic carbocycles. The lowest BCUT2D eigenvalue weighted by atomic mass is 10.2. The largest absolute Gasteiger partial charge is 0.351 e. The Hall–Kier alpha value is -1.64. The lowest BCUT2D eigenvalue weighted by Gasteiger charge is -2.33. The van der Waals surface area contributed by atoms with Gasteiger partial charge in [-0.2, -0.15) is 4.31 Å². The molecule has 1 fully saturated rings. The third kappa shape index (κ3) is 5.04. The zero-order valence-corrected chi connectivity index (χ0v) is 17.5. The van der Waals surface area contributed by atoms with Crippen molar-refractivity contribution < 1.29 is 13.2 Å². The fourth-order valence-electron chi connectivity index (χ4n) is 3.03. The Morgan fingerprint density at radius 3 is 2.32 bits per heavy atom. The number of halogens is 2. The minimum Gasteiger partial charge on any atom is -0.351 e. The van der Waals surface area contributed by atoms with E-state index in [1.54, 1.807) is 42.5 Å². The molecule has 0 bridgehead atoms. The summed E-state index contributed by atoms with van der Waals surface area (Å²) in [6.07, 6.45) is 0. The van der Waals surface area contributed by atoms with E-state index in [1.165, 1.54) is 10.4 Å². The van der Waals surface area contributed by atoms with Crippen molar-refractivity contribution in [3.63, 3.8) is 0 Å². The van der Waals surface area contributed by atoms with Crippen LogP contribution in [0.15, 0.2) is 53.4 Å². The number of nitrogens with one attached hydrogen (secondary N) is 1. The van der Waals surface area contributed by atoms with Crippen LogP contribution in [0.2, 0.25) is 10.0 Å². The average Bonchev–Trinajstić information content (AvgIpc) is 2.69. The van der Waals surface area contributed by atoms with Gasteiger partial charge in [0.1, 0.15) is 0 Å². The number of nitrogens with zero attached hydrogens (tertiary/aromatic N) is 2. The maximum atomic E-state index is 12.6. The Morgan fingerprint density at radius 1 is 1.00 bits per heavy atom. The van der Waals surface area contributed by atoms with Gasteiger partial charge in [-0.1, -0.05) is 41.4 Å². The van der Waals surface area contributed by atoms with E-state index in [1.807, 2.05) is 0 Å². The van der Waals surface area contributed by atoms with Gasteiger partial charge in [-0.05, 0) is 30.3 Å². The molecule has 1 N–H and O–H groups in total. The lowest BCUT2D eigenvalue weighted by Crippen LogP contribution is -2.50. The molecule has 0 spiro atoms. The minimum atomic E-state index is -3.45. The smallest absolute Gasteiger partial charge is 0.252 e. The van der Waals surface area contributed by atoms with Crippen molar-refractivity contribution >= 4 is 39.1 Å². The number of carbonyl (C=O) groups excluding carboxylic acids is 1. The first-order valence-electron chi connectivity index (χ1n) is 8.89. The number of sulfonamides is 1. The molecule has 6 nitrogen and oxygen atoms in total. The summed E-state index contributed by atoms with van der Waals surface area (Å²) in [5, 5.41) is 3.62. The monoisotopic (exact) mass is 441 g/mol. The van der Waals surface area contributed by atoms with Gasteiger partial charge in [0.25, 0.3) is 5.91 Å². The highest BCUT2D eigenvalue weighted by atomic mass is 35.5. The predicted octanol–water partition coefficient (Wildman–Crippen LogP) is 2.73. The molecule has 2 aromatic rings. The summed E-state index contributed by atoms with van der Waals surface area (Å²) in [5.41, 5.74) is 0.379. The van der Waals surface area contributed by atoms with Gasteiger partial charge >= 0.3 is 0 Å². The van der Waals surface area contributed by atoms with E-state index in [0.717, 1.165) is 0 Å². The van der Waals surface area contributed by atoms with E-state index in [9.17, 15) is 13.2 Å². The van der Waals surface area contributed by atoms with Gasteiger partial charge < -0.3 is 5.32 Å². The van der Waals surface area contributed by atoms with E-state index in [-0.39, 0.29) is 5.91 Å². The lowest BCUT2D eigenvalue weighted by molar-refractivity contribution is 0.0945. The second-order valence-electron chi connectivity index (χ2n) is 6.44. The highest BCUT2D eigenvalue weighted by Gasteiger charge is 2.28. The molecule has 1 amide bonds. The number of carbonyl (C=O) groups is 1. The third-order valence-corrected chi connectivity index (χ3v) is 7.06. The summed E-state index contributed by atoms with van der Waals surface area (Å²) in [6, 6.07) is 13.2. The van der Waals surface area contributed by atoms with Crippen LogP contribution in [0.4, 0.5) is 0 Å². The molecule has 1 heterocycles. The van der Waals surface area contributed by atoms with Gasteiger partial charge in [-0.3, -0.25) is 9.69 Å². The average molecular weight is 442 g/mol. The standard InChI is InChI=1S/C19H21Cl2N3O3S/c20-15-6-7-17(18(21)14-15)19(25)22-8-9-23-10-12-24(13-11-23)28(26,27)16-4-2-1-3-5-16/h1-7,14H,8-13H2,(H,22,25). The van der Waals surface area contributed by atoms with Crippen molar-refractivity contribution in [2.45, 2.75) is 4.90 Å². The fraction of sp³-hybridized carbons (Fsp3) is 0.316. The van der Waals surface area contributed by atoms with Crippen LogP contribution >= 0.6 is 23.2 Å². The van der Waals surface area contributed by atoms with Crippen molar-refractivity contribution in [1.29, 1.82) is 0 Å². The van der Waals surface area contributed by atoms with Gasteiger partial charge in [0.2, 0.25) is 10.0 Å². The Labute approximate surface area is 175 Å². The normalized spacial score (nSPS) is 16.1. The molecule has 28 heavy (non-hydrogen) atoms. The number of benzene rings is 2. The first-order chi connectivity index (χ1) is 13.4. The summed E-state index contributed by atoms with van der Waals surface area (Å²) in [6.45, 7) is 3.16. The van der Waals surface area contributed by atoms with Gasteiger partial charge in [-0.25, -0.2) is 8.42 Å². The molecular weight excluding hydrogens is 421 g/mol. The summed E-state index contributed by atoms with van der Waals surface area (Å²) in [5.74, 6) is -0.257. The Morgan fingerprint density at radius 2 is 1.68 bits per heavy atom. The summed E-state index contributed by atoms with van der Waals surface area (Å²) in [4.78, 5) is 14.7. The molecule has 3 rings (SSSR count). The zero-order valence-electron chi connectivity index (χ0n) is 15.1. The molecule has 9 heteroatoms. The first-order valence-corrected chi connectivity index (χ1v) is 11.1. The molecule has 1 aliphatic rings. The van der Waals surface area contributed by atoms with Crippen LogP contribution in [0, 0.1) is 0 Å². The Balaban J connectivity index is 1.46. The van der Waals surface area contributed by atoms with Crippen molar-refractivity contribution in [3.8, 4) is 0 Å². The molecule has 2 aromatic carbocycles. The molecule has 0 aromatic heterocycles. The van der Waals surface area contributed by atoms with Crippen molar-refractivity contribution in [2.75, 3.05) is 39.3 Å². The molecule has 0 radical (unpaired) electrons. The summed E-state index contributed by atoms with van der Waals surface area (Å²) >= 11 is 11.9. The van der Waals surface area contributed by atoms with Crippen LogP contribution in [0.3, 0.4) is 0 Å². The SMILES string of the molecule is O=C(NCCN1CCN(S(=O)(=O)c2ccccc2)CC1)c1ccc(Cl)cc1Cl. The Bertz CT molecular complexity index is 931. The molecular formula is C19H21Cl2N3O3S. The van der Waals surface area contributed by atoms with E-state index in [2.05, 4.69) is 10.2 Å². The van der Waals surface area contributed by atoms with Crippen molar-refractivity contribution in [3.05, 3.63) is 64.1 Å². The number of hydrogen-bond acceptors (Lipinski definition) is 4. The number of rotatable bonds is 6. The molecule has 1 aliphatic heterocycles. The minimum absolute atomic E-state index is 0.257. The van der Waals surface area contributed by atoms with Gasteiger partial charge in [0, 0.05) is 44.3 Å².